The fraction of sp³-hybridized carbons (Fsp3) is 1.00. The normalized spacial score (nSPS) is 19.5. The molecule has 6 heteroatoms. The molecule has 1 rings (SSSR count). The number of hydrogen-bond acceptors (Lipinski definition) is 3. The molecule has 3 nitrogen and oxygen atoms in total. The van der Waals surface area contributed by atoms with E-state index in [1.807, 2.05) is 0 Å². The van der Waals surface area contributed by atoms with Crippen LogP contribution in [0.3, 0.4) is 0 Å². The maximum Gasteiger partial charge on any atom is 0.401 e. The zero-order valence-electron chi connectivity index (χ0n) is 11.1. The molecule has 1 heterocycles. The van der Waals surface area contributed by atoms with Crippen LogP contribution in [0.1, 0.15) is 33.1 Å². The van der Waals surface area contributed by atoms with E-state index in [1.54, 1.807) is 13.8 Å². The summed E-state index contributed by atoms with van der Waals surface area (Å²) in [5.41, 5.74) is -0.920. The summed E-state index contributed by atoms with van der Waals surface area (Å²) in [6, 6.07) is -0.0322. The first kappa shape index (κ1) is 15.7. The standard InChI is InChI=1S/C12H23F3N2O/c1-11(2,18)5-8-17(9-12(13,14)15)10-3-6-16-7-4-10/h10,16,18H,3-9H2,1-2H3. The van der Waals surface area contributed by atoms with E-state index in [1.165, 1.54) is 4.90 Å². The first-order chi connectivity index (χ1) is 8.17. The number of nitrogens with one attached hydrogen (secondary N) is 1. The van der Waals surface area contributed by atoms with Gasteiger partial charge in [0.1, 0.15) is 0 Å². The number of aliphatic hydroxyl groups is 1. The summed E-state index contributed by atoms with van der Waals surface area (Å²) < 4.78 is 37.7. The Bertz CT molecular complexity index is 245. The molecule has 0 spiro atoms. The van der Waals surface area contributed by atoms with Gasteiger partial charge in [-0.3, -0.25) is 4.90 Å². The number of hydrogen-bond donors (Lipinski definition) is 2. The number of piperidine rings is 1. The molecule has 0 aromatic carbocycles. The topological polar surface area (TPSA) is 35.5 Å². The molecule has 1 aliphatic rings. The Kier molecular flexibility index (Phi) is 5.43. The van der Waals surface area contributed by atoms with Crippen molar-refractivity contribution in [3.8, 4) is 0 Å². The van der Waals surface area contributed by atoms with E-state index in [2.05, 4.69) is 5.32 Å². The fourth-order valence-corrected chi connectivity index (χ4v) is 2.21. The predicted molar refractivity (Wildman–Crippen MR) is 64.4 cm³/mol. The summed E-state index contributed by atoms with van der Waals surface area (Å²) >= 11 is 0. The van der Waals surface area contributed by atoms with Gasteiger partial charge in [0, 0.05) is 12.6 Å². The minimum absolute atomic E-state index is 0.0322. The molecular weight excluding hydrogens is 245 g/mol. The first-order valence-electron chi connectivity index (χ1n) is 6.41. The van der Waals surface area contributed by atoms with Crippen LogP contribution in [0.4, 0.5) is 13.2 Å². The monoisotopic (exact) mass is 268 g/mol. The molecule has 18 heavy (non-hydrogen) atoms. The van der Waals surface area contributed by atoms with Crippen LogP contribution in [0.15, 0.2) is 0 Å². The third-order valence-electron chi connectivity index (χ3n) is 3.22. The van der Waals surface area contributed by atoms with Gasteiger partial charge in [0.05, 0.1) is 12.1 Å². The van der Waals surface area contributed by atoms with Gasteiger partial charge in [-0.2, -0.15) is 13.2 Å². The van der Waals surface area contributed by atoms with Gasteiger partial charge in [0.15, 0.2) is 0 Å². The second kappa shape index (κ2) is 6.21. The maximum atomic E-state index is 12.6. The summed E-state index contributed by atoms with van der Waals surface area (Å²) in [5, 5.41) is 12.8. The van der Waals surface area contributed by atoms with E-state index < -0.39 is 18.3 Å². The molecule has 0 aromatic rings. The summed E-state index contributed by atoms with van der Waals surface area (Å²) in [4.78, 5) is 1.47. The molecule has 0 radical (unpaired) electrons. The van der Waals surface area contributed by atoms with Crippen LogP contribution in [0, 0.1) is 0 Å². The molecule has 0 atom stereocenters. The van der Waals surface area contributed by atoms with Crippen LogP contribution >= 0.6 is 0 Å². The number of halogens is 3. The van der Waals surface area contributed by atoms with Crippen molar-refractivity contribution in [2.45, 2.75) is 50.9 Å². The van der Waals surface area contributed by atoms with Crippen LogP contribution in [0.2, 0.25) is 0 Å². The predicted octanol–water partition coefficient (Wildman–Crippen LogP) is 1.76. The Balaban J connectivity index is 2.56. The highest BCUT2D eigenvalue weighted by Crippen LogP contribution is 2.22. The van der Waals surface area contributed by atoms with Crippen LogP contribution in [0.5, 0.6) is 0 Å². The zero-order valence-corrected chi connectivity index (χ0v) is 11.1. The highest BCUT2D eigenvalue weighted by Gasteiger charge is 2.34. The molecular formula is C12H23F3N2O. The van der Waals surface area contributed by atoms with Gasteiger partial charge in [0.25, 0.3) is 0 Å². The molecule has 0 aromatic heterocycles. The van der Waals surface area contributed by atoms with Crippen LogP contribution in [-0.4, -0.2) is 54.0 Å². The Morgan fingerprint density at radius 2 is 1.78 bits per heavy atom. The van der Waals surface area contributed by atoms with Gasteiger partial charge in [0.2, 0.25) is 0 Å². The lowest BCUT2D eigenvalue weighted by Crippen LogP contribution is -2.48. The molecule has 0 saturated carbocycles. The number of nitrogens with zero attached hydrogens (tertiary/aromatic N) is 1. The molecule has 1 saturated heterocycles. The van der Waals surface area contributed by atoms with Crippen molar-refractivity contribution >= 4 is 0 Å². The third-order valence-corrected chi connectivity index (χ3v) is 3.22. The molecule has 0 aliphatic carbocycles. The van der Waals surface area contributed by atoms with Gasteiger partial charge < -0.3 is 10.4 Å². The van der Waals surface area contributed by atoms with Crippen LogP contribution in [-0.2, 0) is 0 Å². The van der Waals surface area contributed by atoms with Crippen molar-refractivity contribution in [1.29, 1.82) is 0 Å². The average Bonchev–Trinajstić information content (AvgIpc) is 2.23. The van der Waals surface area contributed by atoms with Crippen molar-refractivity contribution < 1.29 is 18.3 Å². The third kappa shape index (κ3) is 6.56. The SMILES string of the molecule is CC(C)(O)CCN(CC(F)(F)F)C1CCNCC1. The van der Waals surface area contributed by atoms with Gasteiger partial charge in [-0.1, -0.05) is 0 Å². The van der Waals surface area contributed by atoms with Crippen molar-refractivity contribution in [3.05, 3.63) is 0 Å². The second-order valence-corrected chi connectivity index (χ2v) is 5.63. The van der Waals surface area contributed by atoms with E-state index in [0.717, 1.165) is 25.9 Å². The lowest BCUT2D eigenvalue weighted by atomic mass is 10.0. The molecule has 2 N–H and O–H groups in total. The average molecular weight is 268 g/mol. The largest absolute Gasteiger partial charge is 0.401 e. The van der Waals surface area contributed by atoms with Gasteiger partial charge in [-0.05, 0) is 46.2 Å². The highest BCUT2D eigenvalue weighted by molar-refractivity contribution is 4.81. The van der Waals surface area contributed by atoms with E-state index in [0.29, 0.717) is 6.42 Å². The van der Waals surface area contributed by atoms with E-state index in [4.69, 9.17) is 0 Å². The lowest BCUT2D eigenvalue weighted by Gasteiger charge is -2.36. The summed E-state index contributed by atoms with van der Waals surface area (Å²) in [7, 11) is 0. The minimum Gasteiger partial charge on any atom is -0.390 e. The van der Waals surface area contributed by atoms with E-state index in [-0.39, 0.29) is 12.6 Å². The molecule has 1 fully saturated rings. The molecule has 1 aliphatic heterocycles. The van der Waals surface area contributed by atoms with Crippen molar-refractivity contribution in [2.24, 2.45) is 0 Å². The zero-order chi connectivity index (χ0) is 13.8. The second-order valence-electron chi connectivity index (χ2n) is 5.63. The Morgan fingerprint density at radius 1 is 1.22 bits per heavy atom. The quantitative estimate of drug-likeness (QED) is 0.797. The van der Waals surface area contributed by atoms with E-state index in [9.17, 15) is 18.3 Å². The lowest BCUT2D eigenvalue weighted by molar-refractivity contribution is -0.153. The smallest absolute Gasteiger partial charge is 0.390 e. The van der Waals surface area contributed by atoms with Crippen molar-refractivity contribution in [3.63, 3.8) is 0 Å². The molecule has 0 bridgehead atoms. The summed E-state index contributed by atoms with van der Waals surface area (Å²) in [5.74, 6) is 0. The van der Waals surface area contributed by atoms with Gasteiger partial charge in [-0.15, -0.1) is 0 Å². The van der Waals surface area contributed by atoms with Crippen molar-refractivity contribution in [2.75, 3.05) is 26.2 Å². The minimum atomic E-state index is -4.18. The highest BCUT2D eigenvalue weighted by atomic mass is 19.4. The molecule has 108 valence electrons. The number of rotatable bonds is 5. The van der Waals surface area contributed by atoms with Gasteiger partial charge in [-0.25, -0.2) is 0 Å². The Labute approximate surface area is 106 Å². The van der Waals surface area contributed by atoms with E-state index >= 15 is 0 Å². The Morgan fingerprint density at radius 3 is 2.22 bits per heavy atom. The molecule has 0 unspecified atom stereocenters. The van der Waals surface area contributed by atoms with Crippen LogP contribution < -0.4 is 5.32 Å². The Hall–Kier alpha value is -0.330. The summed E-state index contributed by atoms with van der Waals surface area (Å²) in [6.07, 6.45) is -2.35. The van der Waals surface area contributed by atoms with Crippen LogP contribution in [0.25, 0.3) is 0 Å². The van der Waals surface area contributed by atoms with Crippen molar-refractivity contribution in [1.82, 2.24) is 10.2 Å². The maximum absolute atomic E-state index is 12.6. The molecule has 0 amide bonds. The first-order valence-corrected chi connectivity index (χ1v) is 6.41. The van der Waals surface area contributed by atoms with Gasteiger partial charge >= 0.3 is 6.18 Å². The number of alkyl halides is 3. The summed E-state index contributed by atoms with van der Waals surface area (Å²) in [6.45, 7) is 4.19. The fourth-order valence-electron chi connectivity index (χ4n) is 2.21.